The molecule has 3 atom stereocenters. The number of carbonyl (C=O) groups excluding carboxylic acids is 4. The fourth-order valence-corrected chi connectivity index (χ4v) is 6.03. The number of phenolic OH excluding ortho intramolecular Hbond substituents is 1. The highest BCUT2D eigenvalue weighted by molar-refractivity contribution is 6.30. The van der Waals surface area contributed by atoms with E-state index in [9.17, 15) is 39.6 Å². The number of nitrogens with two attached hydrogens (primary N) is 1. The number of aliphatic hydroxyl groups is 3. The van der Waals surface area contributed by atoms with E-state index in [1.807, 2.05) is 0 Å². The van der Waals surface area contributed by atoms with Gasteiger partial charge in [0.15, 0.2) is 17.1 Å². The van der Waals surface area contributed by atoms with Crippen LogP contribution in [0.15, 0.2) is 53.0 Å². The lowest BCUT2D eigenvalue weighted by Gasteiger charge is -2.45. The first kappa shape index (κ1) is 28.0. The Balaban J connectivity index is 1.58. The van der Waals surface area contributed by atoms with Crippen LogP contribution in [0.3, 0.4) is 0 Å². The summed E-state index contributed by atoms with van der Waals surface area (Å²) in [5, 5.41) is 46.9. The molecule has 0 radical (unpaired) electrons. The number of allylic oxidation sites excluding steroid dienone is 2. The van der Waals surface area contributed by atoms with Gasteiger partial charge in [-0.2, -0.15) is 0 Å². The number of primary amides is 1. The summed E-state index contributed by atoms with van der Waals surface area (Å²) in [6, 6.07) is 7.43. The third-order valence-electron chi connectivity index (χ3n) is 7.78. The molecule has 13 heteroatoms. The smallest absolute Gasteiger partial charge is 0.417 e. The predicted molar refractivity (Wildman–Crippen MR) is 146 cm³/mol. The van der Waals surface area contributed by atoms with Gasteiger partial charge in [0.2, 0.25) is 5.78 Å². The fraction of sp³-hybridized carbons (Fsp3) is 0.286. The van der Waals surface area contributed by atoms with E-state index in [0.29, 0.717) is 16.3 Å². The van der Waals surface area contributed by atoms with Crippen LogP contribution < -0.4 is 20.7 Å². The van der Waals surface area contributed by atoms with Crippen molar-refractivity contribution in [3.05, 3.63) is 69.1 Å². The molecule has 0 aromatic heterocycles. The Morgan fingerprint density at radius 2 is 1.78 bits per heavy atom. The molecule has 41 heavy (non-hydrogen) atoms. The number of nitrogens with zero attached hydrogens (tertiary/aromatic N) is 1. The zero-order valence-corrected chi connectivity index (χ0v) is 22.7. The first-order valence-electron chi connectivity index (χ1n) is 12.5. The minimum Gasteiger partial charge on any atom is -0.511 e. The van der Waals surface area contributed by atoms with Crippen LogP contribution in [0, 0.1) is 11.8 Å². The van der Waals surface area contributed by atoms with Crippen LogP contribution in [0.4, 0.5) is 16.2 Å². The van der Waals surface area contributed by atoms with E-state index in [4.69, 9.17) is 22.1 Å². The minimum atomic E-state index is -2.67. The average molecular weight is 584 g/mol. The molecule has 3 aliphatic rings. The molecular formula is C28H26ClN3O9. The second kappa shape index (κ2) is 9.82. The first-order valence-corrected chi connectivity index (χ1v) is 12.9. The highest BCUT2D eigenvalue weighted by Crippen LogP contribution is 2.53. The quantitative estimate of drug-likeness (QED) is 0.230. The van der Waals surface area contributed by atoms with Gasteiger partial charge in [0.1, 0.15) is 22.8 Å². The Kier molecular flexibility index (Phi) is 6.71. The molecule has 0 saturated heterocycles. The summed E-state index contributed by atoms with van der Waals surface area (Å²) < 4.78 is 5.22. The zero-order chi connectivity index (χ0) is 30.0. The van der Waals surface area contributed by atoms with E-state index < -0.39 is 63.8 Å². The standard InChI is InChI=1S/C28H26ClN3O9/c1-32(2)17-10-16(31-27(39)41-14-5-3-13(29)4-6-14)22(34)20-15(17)8-11-7-12-9-18(33)21(26(30)38)25(37)28(12,40)24(36)19(11)23(20)35/h3-6,10-12,33-34,36,40H,7-9H2,1-2H3,(H2,30,38)(H,31,39)/t11-,12+,28+/m1/s1. The second-order valence-corrected chi connectivity index (χ2v) is 10.9. The average Bonchev–Trinajstić information content (AvgIpc) is 2.88. The molecule has 2 aromatic carbocycles. The summed E-state index contributed by atoms with van der Waals surface area (Å²) >= 11 is 5.85. The van der Waals surface area contributed by atoms with Gasteiger partial charge in [-0.3, -0.25) is 19.7 Å². The lowest BCUT2D eigenvalue weighted by atomic mass is 9.60. The van der Waals surface area contributed by atoms with Gasteiger partial charge in [0, 0.05) is 42.7 Å². The third kappa shape index (κ3) is 4.35. The summed E-state index contributed by atoms with van der Waals surface area (Å²) in [7, 11) is 3.40. The molecule has 7 N–H and O–H groups in total. The van der Waals surface area contributed by atoms with E-state index >= 15 is 0 Å². The van der Waals surface area contributed by atoms with E-state index in [2.05, 4.69) is 5.32 Å². The van der Waals surface area contributed by atoms with Gasteiger partial charge < -0.3 is 35.8 Å². The largest absolute Gasteiger partial charge is 0.511 e. The Morgan fingerprint density at radius 3 is 2.39 bits per heavy atom. The molecule has 0 heterocycles. The van der Waals surface area contributed by atoms with Gasteiger partial charge >= 0.3 is 6.09 Å². The minimum absolute atomic E-state index is 0.00393. The maximum absolute atomic E-state index is 13.9. The normalized spacial score (nSPS) is 23.4. The van der Waals surface area contributed by atoms with Crippen LogP contribution in [0.25, 0.3) is 0 Å². The Labute approximate surface area is 238 Å². The molecule has 2 aromatic rings. The zero-order valence-electron chi connectivity index (χ0n) is 21.9. The van der Waals surface area contributed by atoms with Crippen molar-refractivity contribution in [2.24, 2.45) is 17.6 Å². The Hall–Kier alpha value is -4.55. The number of hydrogen-bond donors (Lipinski definition) is 6. The highest BCUT2D eigenvalue weighted by Gasteiger charge is 2.59. The van der Waals surface area contributed by atoms with Crippen LogP contribution in [0.1, 0.15) is 28.8 Å². The summed E-state index contributed by atoms with van der Waals surface area (Å²) in [5.74, 6) is -7.19. The van der Waals surface area contributed by atoms with Crippen LogP contribution >= 0.6 is 11.6 Å². The number of halogens is 1. The van der Waals surface area contributed by atoms with Crippen molar-refractivity contribution in [2.45, 2.75) is 24.9 Å². The monoisotopic (exact) mass is 583 g/mol. The number of aliphatic hydroxyl groups excluding tert-OH is 2. The van der Waals surface area contributed by atoms with Gasteiger partial charge in [-0.05, 0) is 54.7 Å². The van der Waals surface area contributed by atoms with Crippen LogP contribution in [0.5, 0.6) is 11.5 Å². The van der Waals surface area contributed by atoms with E-state index in [0.717, 1.165) is 0 Å². The molecule has 12 nitrogen and oxygen atoms in total. The number of rotatable bonds is 4. The van der Waals surface area contributed by atoms with Gasteiger partial charge in [0.25, 0.3) is 5.91 Å². The molecule has 214 valence electrons. The molecular weight excluding hydrogens is 558 g/mol. The summed E-state index contributed by atoms with van der Waals surface area (Å²) in [4.78, 5) is 53.1. The van der Waals surface area contributed by atoms with Gasteiger partial charge in [0.05, 0.1) is 11.3 Å². The number of fused-ring (bicyclic) bond motifs is 3. The predicted octanol–water partition coefficient (Wildman–Crippen LogP) is 2.91. The summed E-state index contributed by atoms with van der Waals surface area (Å²) in [6.07, 6.45) is -1.17. The number of anilines is 2. The van der Waals surface area contributed by atoms with Crippen molar-refractivity contribution in [1.82, 2.24) is 0 Å². The van der Waals surface area contributed by atoms with Crippen molar-refractivity contribution in [1.29, 1.82) is 0 Å². The van der Waals surface area contributed by atoms with Gasteiger partial charge in [-0.15, -0.1) is 0 Å². The molecule has 0 bridgehead atoms. The Morgan fingerprint density at radius 1 is 1.12 bits per heavy atom. The van der Waals surface area contributed by atoms with Gasteiger partial charge in [-0.1, -0.05) is 11.6 Å². The molecule has 2 amide bonds. The molecule has 0 fully saturated rings. The number of ketones is 2. The first-order chi connectivity index (χ1) is 19.2. The molecule has 3 aliphatic carbocycles. The maximum Gasteiger partial charge on any atom is 0.417 e. The van der Waals surface area contributed by atoms with Crippen molar-refractivity contribution in [3.63, 3.8) is 0 Å². The number of ether oxygens (including phenoxy) is 1. The number of Topliss-reactive ketones (excluding diaryl/α,β-unsaturated/α-hetero) is 2. The van der Waals surface area contributed by atoms with E-state index in [1.165, 1.54) is 30.3 Å². The number of amides is 2. The third-order valence-corrected chi connectivity index (χ3v) is 8.03. The molecule has 0 spiro atoms. The van der Waals surface area contributed by atoms with Crippen LogP contribution in [0.2, 0.25) is 5.02 Å². The lowest BCUT2D eigenvalue weighted by Crippen LogP contribution is -2.57. The summed E-state index contributed by atoms with van der Waals surface area (Å²) in [5.41, 5.74) is 1.89. The van der Waals surface area contributed by atoms with E-state index in [-0.39, 0.29) is 41.8 Å². The number of nitrogens with one attached hydrogen (secondary N) is 1. The van der Waals surface area contributed by atoms with Crippen molar-refractivity contribution in [3.8, 4) is 11.5 Å². The summed E-state index contributed by atoms with van der Waals surface area (Å²) in [6.45, 7) is 0. The fourth-order valence-electron chi connectivity index (χ4n) is 5.91. The Bertz CT molecular complexity index is 1600. The SMILES string of the molecule is CN(C)c1cc(NC(=O)Oc2ccc(Cl)cc2)c(O)c2c1C[C@H]1C[C@H]3CC(O)=C(C(N)=O)C(=O)[C@@]3(O)C(O)=C1C2=O. The lowest BCUT2D eigenvalue weighted by molar-refractivity contribution is -0.144. The number of aromatic hydroxyl groups is 1. The maximum atomic E-state index is 13.9. The van der Waals surface area contributed by atoms with Crippen molar-refractivity contribution < 1.29 is 44.3 Å². The topological polar surface area (TPSA) is 200 Å². The second-order valence-electron chi connectivity index (χ2n) is 10.4. The van der Waals surface area contributed by atoms with Crippen molar-refractivity contribution >= 4 is 46.5 Å². The number of benzene rings is 2. The van der Waals surface area contributed by atoms with Gasteiger partial charge in [-0.25, -0.2) is 4.79 Å². The van der Waals surface area contributed by atoms with Crippen molar-refractivity contribution in [2.75, 3.05) is 24.3 Å². The molecule has 0 saturated carbocycles. The number of hydrogen-bond acceptors (Lipinski definition) is 10. The number of carbonyl (C=O) groups is 4. The molecule has 0 unspecified atom stereocenters. The van der Waals surface area contributed by atoms with Crippen LogP contribution in [-0.4, -0.2) is 63.7 Å². The number of phenols is 1. The van der Waals surface area contributed by atoms with Crippen LogP contribution in [-0.2, 0) is 16.0 Å². The molecule has 0 aliphatic heterocycles. The molecule has 5 rings (SSSR count). The highest BCUT2D eigenvalue weighted by atomic mass is 35.5. The van der Waals surface area contributed by atoms with E-state index in [1.54, 1.807) is 19.0 Å².